The van der Waals surface area contributed by atoms with Crippen LogP contribution in [0.1, 0.15) is 0 Å². The molecular formula is C21H22N8. The standard InChI is InChI=1S/C21H22N8/c1-28-6-8-29(9-7-28)21-5-2-15(12-22-21)19-11-20(24-14-23-19)26-17-3-4-18-16(10-17)13-25-27-18/h2-5,10-14H,6-9H2,1H3,(H,25,27)(H,23,24,26). The quantitative estimate of drug-likeness (QED) is 0.558. The van der Waals surface area contributed by atoms with Gasteiger partial charge in [0.05, 0.1) is 17.4 Å². The minimum absolute atomic E-state index is 0.737. The van der Waals surface area contributed by atoms with Gasteiger partial charge in [-0.2, -0.15) is 5.10 Å². The summed E-state index contributed by atoms with van der Waals surface area (Å²) in [5.41, 5.74) is 3.76. The first-order valence-corrected chi connectivity index (χ1v) is 9.67. The third-order valence-electron chi connectivity index (χ3n) is 5.25. The fraction of sp³-hybridized carbons (Fsp3) is 0.238. The van der Waals surface area contributed by atoms with E-state index in [9.17, 15) is 0 Å². The fourth-order valence-electron chi connectivity index (χ4n) is 3.51. The van der Waals surface area contributed by atoms with Gasteiger partial charge >= 0.3 is 0 Å². The van der Waals surface area contributed by atoms with Crippen LogP contribution >= 0.6 is 0 Å². The summed E-state index contributed by atoms with van der Waals surface area (Å²) < 4.78 is 0. The summed E-state index contributed by atoms with van der Waals surface area (Å²) in [5, 5.41) is 11.4. The second-order valence-electron chi connectivity index (χ2n) is 7.28. The Kier molecular flexibility index (Phi) is 4.53. The number of nitrogens with zero attached hydrogens (tertiary/aromatic N) is 6. The molecule has 1 fully saturated rings. The van der Waals surface area contributed by atoms with Crippen molar-refractivity contribution in [3.63, 3.8) is 0 Å². The summed E-state index contributed by atoms with van der Waals surface area (Å²) in [4.78, 5) is 18.1. The maximum Gasteiger partial charge on any atom is 0.134 e. The normalized spacial score (nSPS) is 15.0. The number of hydrogen-bond acceptors (Lipinski definition) is 7. The second kappa shape index (κ2) is 7.48. The van der Waals surface area contributed by atoms with Crippen molar-refractivity contribution in [1.29, 1.82) is 0 Å². The number of pyridine rings is 1. The van der Waals surface area contributed by atoms with Gasteiger partial charge in [0.15, 0.2) is 0 Å². The van der Waals surface area contributed by atoms with E-state index in [0.717, 1.165) is 65.7 Å². The molecule has 1 aliphatic rings. The SMILES string of the molecule is CN1CCN(c2ccc(-c3cc(Nc4ccc5[nH]ncc5c4)ncn3)cn2)CC1. The molecule has 8 heteroatoms. The van der Waals surface area contributed by atoms with Crippen molar-refractivity contribution < 1.29 is 0 Å². The minimum Gasteiger partial charge on any atom is -0.354 e. The molecule has 1 aliphatic heterocycles. The maximum atomic E-state index is 4.66. The van der Waals surface area contributed by atoms with Gasteiger partial charge in [0.2, 0.25) is 0 Å². The van der Waals surface area contributed by atoms with E-state index in [1.807, 2.05) is 30.5 Å². The zero-order valence-electron chi connectivity index (χ0n) is 16.2. The highest BCUT2D eigenvalue weighted by atomic mass is 15.3. The Labute approximate surface area is 168 Å². The van der Waals surface area contributed by atoms with Gasteiger partial charge < -0.3 is 15.1 Å². The van der Waals surface area contributed by atoms with Crippen LogP contribution in [0.15, 0.2) is 55.1 Å². The van der Waals surface area contributed by atoms with Crippen LogP contribution in [0.5, 0.6) is 0 Å². The van der Waals surface area contributed by atoms with Crippen LogP contribution in [0.4, 0.5) is 17.3 Å². The molecule has 3 aromatic heterocycles. The lowest BCUT2D eigenvalue weighted by Gasteiger charge is -2.33. The van der Waals surface area contributed by atoms with E-state index < -0.39 is 0 Å². The molecule has 0 aliphatic carbocycles. The lowest BCUT2D eigenvalue weighted by Crippen LogP contribution is -2.44. The van der Waals surface area contributed by atoms with E-state index in [2.05, 4.69) is 59.4 Å². The molecule has 0 atom stereocenters. The third-order valence-corrected chi connectivity index (χ3v) is 5.25. The molecule has 1 aromatic carbocycles. The minimum atomic E-state index is 0.737. The number of fused-ring (bicyclic) bond motifs is 1. The van der Waals surface area contributed by atoms with Gasteiger partial charge in [0.25, 0.3) is 0 Å². The summed E-state index contributed by atoms with van der Waals surface area (Å²) in [6.45, 7) is 4.14. The summed E-state index contributed by atoms with van der Waals surface area (Å²) in [6, 6.07) is 12.1. The van der Waals surface area contributed by atoms with E-state index in [4.69, 9.17) is 0 Å². The van der Waals surface area contributed by atoms with Crippen LogP contribution in [0.3, 0.4) is 0 Å². The third kappa shape index (κ3) is 3.74. The predicted molar refractivity (Wildman–Crippen MR) is 114 cm³/mol. The van der Waals surface area contributed by atoms with Crippen LogP contribution in [0, 0.1) is 0 Å². The van der Waals surface area contributed by atoms with E-state index in [1.165, 1.54) is 0 Å². The Morgan fingerprint density at radius 3 is 2.66 bits per heavy atom. The number of anilines is 3. The Morgan fingerprint density at radius 1 is 0.931 bits per heavy atom. The van der Waals surface area contributed by atoms with Crippen LogP contribution in [-0.2, 0) is 0 Å². The zero-order valence-corrected chi connectivity index (χ0v) is 16.2. The Hall–Kier alpha value is -3.52. The van der Waals surface area contributed by atoms with Gasteiger partial charge in [-0.25, -0.2) is 15.0 Å². The number of aromatic amines is 1. The lowest BCUT2D eigenvalue weighted by molar-refractivity contribution is 0.312. The van der Waals surface area contributed by atoms with Crippen LogP contribution in [0.25, 0.3) is 22.2 Å². The smallest absolute Gasteiger partial charge is 0.134 e. The molecule has 8 nitrogen and oxygen atoms in total. The van der Waals surface area contributed by atoms with Gasteiger partial charge in [0, 0.05) is 55.1 Å². The van der Waals surface area contributed by atoms with Gasteiger partial charge in [-0.05, 0) is 37.4 Å². The molecule has 4 aromatic rings. The van der Waals surface area contributed by atoms with Crippen molar-refractivity contribution in [3.05, 3.63) is 55.1 Å². The monoisotopic (exact) mass is 386 g/mol. The van der Waals surface area contributed by atoms with Crippen LogP contribution < -0.4 is 10.2 Å². The maximum absolute atomic E-state index is 4.66. The van der Waals surface area contributed by atoms with Gasteiger partial charge in [-0.3, -0.25) is 5.10 Å². The fourth-order valence-corrected chi connectivity index (χ4v) is 3.51. The van der Waals surface area contributed by atoms with Crippen LogP contribution in [0.2, 0.25) is 0 Å². The van der Waals surface area contributed by atoms with E-state index in [-0.39, 0.29) is 0 Å². The second-order valence-corrected chi connectivity index (χ2v) is 7.28. The molecule has 29 heavy (non-hydrogen) atoms. The number of nitrogens with one attached hydrogen (secondary N) is 2. The zero-order chi connectivity index (χ0) is 19.6. The number of benzene rings is 1. The number of H-pyrrole nitrogens is 1. The van der Waals surface area contributed by atoms with Crippen molar-refractivity contribution in [1.82, 2.24) is 30.0 Å². The largest absolute Gasteiger partial charge is 0.354 e. The number of hydrogen-bond donors (Lipinski definition) is 2. The molecule has 0 radical (unpaired) electrons. The summed E-state index contributed by atoms with van der Waals surface area (Å²) in [5.74, 6) is 1.75. The molecule has 0 saturated carbocycles. The Bertz CT molecular complexity index is 1110. The molecule has 0 unspecified atom stereocenters. The summed E-state index contributed by atoms with van der Waals surface area (Å²) in [6.07, 6.45) is 5.26. The molecule has 4 heterocycles. The highest BCUT2D eigenvalue weighted by Crippen LogP contribution is 2.24. The van der Waals surface area contributed by atoms with Gasteiger partial charge in [-0.1, -0.05) is 0 Å². The van der Waals surface area contributed by atoms with E-state index in [0.29, 0.717) is 0 Å². The lowest BCUT2D eigenvalue weighted by atomic mass is 10.2. The van der Waals surface area contributed by atoms with Crippen molar-refractivity contribution in [2.45, 2.75) is 0 Å². The predicted octanol–water partition coefficient (Wildman–Crippen LogP) is 2.91. The number of piperazine rings is 1. The summed E-state index contributed by atoms with van der Waals surface area (Å²) >= 11 is 0. The van der Waals surface area contributed by atoms with Crippen molar-refractivity contribution in [2.75, 3.05) is 43.4 Å². The Balaban J connectivity index is 1.33. The highest BCUT2D eigenvalue weighted by Gasteiger charge is 2.15. The van der Waals surface area contributed by atoms with E-state index in [1.54, 1.807) is 12.5 Å². The average Bonchev–Trinajstić information content (AvgIpc) is 3.23. The van der Waals surface area contributed by atoms with Crippen molar-refractivity contribution >= 4 is 28.2 Å². The van der Waals surface area contributed by atoms with Gasteiger partial charge in [-0.15, -0.1) is 0 Å². The Morgan fingerprint density at radius 2 is 1.83 bits per heavy atom. The number of aromatic nitrogens is 5. The first-order valence-electron chi connectivity index (χ1n) is 9.67. The molecule has 1 saturated heterocycles. The summed E-state index contributed by atoms with van der Waals surface area (Å²) in [7, 11) is 2.15. The molecule has 5 rings (SSSR count). The van der Waals surface area contributed by atoms with Crippen molar-refractivity contribution in [3.8, 4) is 11.3 Å². The molecular weight excluding hydrogens is 364 g/mol. The molecule has 146 valence electrons. The van der Waals surface area contributed by atoms with Crippen molar-refractivity contribution in [2.24, 2.45) is 0 Å². The average molecular weight is 386 g/mol. The number of likely N-dealkylation sites (N-methyl/N-ethyl adjacent to an activating group) is 1. The first-order chi connectivity index (χ1) is 14.2. The topological polar surface area (TPSA) is 85.9 Å². The molecule has 0 spiro atoms. The van der Waals surface area contributed by atoms with Gasteiger partial charge in [0.1, 0.15) is 18.0 Å². The van der Waals surface area contributed by atoms with Crippen LogP contribution in [-0.4, -0.2) is 63.3 Å². The number of rotatable bonds is 4. The highest BCUT2D eigenvalue weighted by molar-refractivity contribution is 5.82. The molecule has 0 amide bonds. The first kappa shape index (κ1) is 17.6. The molecule has 2 N–H and O–H groups in total. The van der Waals surface area contributed by atoms with E-state index >= 15 is 0 Å². The molecule has 0 bridgehead atoms.